The lowest BCUT2D eigenvalue weighted by Gasteiger charge is -2.17. The third-order valence-corrected chi connectivity index (χ3v) is 4.88. The first-order chi connectivity index (χ1) is 12.1. The molecular formula is C18H23IN4O2. The Kier molecular flexibility index (Phi) is 5.82. The topological polar surface area (TPSA) is 82.3 Å². The van der Waals surface area contributed by atoms with E-state index >= 15 is 0 Å². The molecule has 2 aromatic rings. The minimum absolute atomic E-state index is 0.291. The highest BCUT2D eigenvalue weighted by atomic mass is 127. The van der Waals surface area contributed by atoms with Gasteiger partial charge in [-0.2, -0.15) is 0 Å². The quantitative estimate of drug-likeness (QED) is 0.509. The van der Waals surface area contributed by atoms with E-state index in [1.54, 1.807) is 7.11 Å². The summed E-state index contributed by atoms with van der Waals surface area (Å²) >= 11 is 2.09. The van der Waals surface area contributed by atoms with Gasteiger partial charge >= 0.3 is 0 Å². The lowest BCUT2D eigenvalue weighted by Crippen LogP contribution is -2.12. The zero-order valence-corrected chi connectivity index (χ0v) is 16.7. The van der Waals surface area contributed by atoms with E-state index in [2.05, 4.69) is 37.9 Å². The van der Waals surface area contributed by atoms with Crippen molar-refractivity contribution in [3.05, 3.63) is 33.3 Å². The Balaban J connectivity index is 1.74. The molecule has 1 fully saturated rings. The molecule has 0 unspecified atom stereocenters. The summed E-state index contributed by atoms with van der Waals surface area (Å²) in [6, 6.07) is 5.99. The number of nitrogens with two attached hydrogens (primary N) is 1. The van der Waals surface area contributed by atoms with Crippen molar-refractivity contribution in [2.75, 3.05) is 18.2 Å². The Morgan fingerprint density at radius 1 is 1.24 bits per heavy atom. The summed E-state index contributed by atoms with van der Waals surface area (Å²) in [5, 5.41) is 3.29. The summed E-state index contributed by atoms with van der Waals surface area (Å²) in [7, 11) is 1.67. The summed E-state index contributed by atoms with van der Waals surface area (Å²) in [5.41, 5.74) is 8.51. The number of aromatic nitrogens is 2. The van der Waals surface area contributed by atoms with E-state index in [-0.39, 0.29) is 0 Å². The molecule has 0 radical (unpaired) electrons. The van der Waals surface area contributed by atoms with Crippen LogP contribution in [0, 0.1) is 10.8 Å². The molecule has 1 aromatic carbocycles. The van der Waals surface area contributed by atoms with Crippen molar-refractivity contribution in [3.8, 4) is 11.5 Å². The largest absolute Gasteiger partial charge is 0.493 e. The number of benzene rings is 1. The van der Waals surface area contributed by atoms with Crippen molar-refractivity contribution in [2.45, 2.75) is 45.3 Å². The number of rotatable bonds is 6. The standard InChI is InChI=1S/C18H23IN4O2/c1-11-16(20)17(23-18(19)22-11)21-10-12-7-8-14(24-2)15(9-12)25-13-5-3-4-6-13/h7-9,13H,3-6,10,20H2,1-2H3,(H,21,22,23). The second-order valence-electron chi connectivity index (χ2n) is 6.20. The Hall–Kier alpha value is -1.77. The lowest BCUT2D eigenvalue weighted by atomic mass is 10.2. The van der Waals surface area contributed by atoms with Gasteiger partial charge in [-0.05, 0) is 50.3 Å². The van der Waals surface area contributed by atoms with Gasteiger partial charge in [0, 0.05) is 29.1 Å². The van der Waals surface area contributed by atoms with Gasteiger partial charge in [0.05, 0.1) is 24.6 Å². The Morgan fingerprint density at radius 2 is 2.00 bits per heavy atom. The van der Waals surface area contributed by atoms with E-state index in [1.165, 1.54) is 12.8 Å². The minimum Gasteiger partial charge on any atom is -0.493 e. The van der Waals surface area contributed by atoms with Gasteiger partial charge in [-0.1, -0.05) is 6.07 Å². The van der Waals surface area contributed by atoms with Crippen LogP contribution in [0.15, 0.2) is 18.2 Å². The van der Waals surface area contributed by atoms with Gasteiger partial charge in [0.1, 0.15) is 0 Å². The lowest BCUT2D eigenvalue weighted by molar-refractivity contribution is 0.200. The molecule has 1 heterocycles. The highest BCUT2D eigenvalue weighted by Crippen LogP contribution is 2.32. The van der Waals surface area contributed by atoms with Gasteiger partial charge in [-0.15, -0.1) is 0 Å². The molecule has 7 heteroatoms. The van der Waals surface area contributed by atoms with Crippen LogP contribution in [-0.2, 0) is 6.54 Å². The summed E-state index contributed by atoms with van der Waals surface area (Å²) in [4.78, 5) is 8.63. The third kappa shape index (κ3) is 4.45. The zero-order chi connectivity index (χ0) is 17.8. The number of aryl methyl sites for hydroxylation is 1. The van der Waals surface area contributed by atoms with Gasteiger partial charge in [0.25, 0.3) is 0 Å². The first-order valence-corrected chi connectivity index (χ1v) is 9.51. The average molecular weight is 454 g/mol. The Labute approximate surface area is 161 Å². The maximum atomic E-state index is 6.15. The predicted molar refractivity (Wildman–Crippen MR) is 107 cm³/mol. The molecule has 1 aliphatic rings. The highest BCUT2D eigenvalue weighted by molar-refractivity contribution is 14.1. The van der Waals surface area contributed by atoms with E-state index in [9.17, 15) is 0 Å². The van der Waals surface area contributed by atoms with E-state index in [0.717, 1.165) is 35.6 Å². The molecule has 0 amide bonds. The molecule has 25 heavy (non-hydrogen) atoms. The minimum atomic E-state index is 0.291. The summed E-state index contributed by atoms with van der Waals surface area (Å²) in [6.45, 7) is 2.48. The molecule has 3 N–H and O–H groups in total. The molecule has 3 rings (SSSR count). The normalized spacial score (nSPS) is 14.5. The fourth-order valence-corrected chi connectivity index (χ4v) is 3.58. The van der Waals surface area contributed by atoms with Crippen LogP contribution >= 0.6 is 22.6 Å². The maximum Gasteiger partial charge on any atom is 0.193 e. The average Bonchev–Trinajstić information content (AvgIpc) is 3.10. The van der Waals surface area contributed by atoms with Crippen LogP contribution in [-0.4, -0.2) is 23.2 Å². The molecular weight excluding hydrogens is 431 g/mol. The van der Waals surface area contributed by atoms with Gasteiger partial charge < -0.3 is 20.5 Å². The number of anilines is 2. The fraction of sp³-hybridized carbons (Fsp3) is 0.444. The van der Waals surface area contributed by atoms with Gasteiger partial charge in [-0.3, -0.25) is 0 Å². The molecule has 134 valence electrons. The maximum absolute atomic E-state index is 6.15. The van der Waals surface area contributed by atoms with Crippen molar-refractivity contribution in [2.24, 2.45) is 0 Å². The smallest absolute Gasteiger partial charge is 0.193 e. The van der Waals surface area contributed by atoms with Crippen LogP contribution in [0.2, 0.25) is 0 Å². The summed E-state index contributed by atoms with van der Waals surface area (Å²) in [6.07, 6.45) is 4.99. The highest BCUT2D eigenvalue weighted by Gasteiger charge is 2.18. The van der Waals surface area contributed by atoms with Gasteiger partial charge in [-0.25, -0.2) is 9.97 Å². The van der Waals surface area contributed by atoms with Crippen molar-refractivity contribution in [3.63, 3.8) is 0 Å². The molecule has 0 saturated heterocycles. The number of hydrogen-bond acceptors (Lipinski definition) is 6. The molecule has 0 aliphatic heterocycles. The van der Waals surface area contributed by atoms with Crippen molar-refractivity contribution < 1.29 is 9.47 Å². The first-order valence-electron chi connectivity index (χ1n) is 8.44. The number of nitrogen functional groups attached to an aromatic ring is 1. The number of ether oxygens (including phenoxy) is 2. The van der Waals surface area contributed by atoms with E-state index in [4.69, 9.17) is 15.2 Å². The summed E-state index contributed by atoms with van der Waals surface area (Å²) in [5.74, 6) is 2.23. The SMILES string of the molecule is COc1ccc(CNc2nc(I)nc(C)c2N)cc1OC1CCCC1. The molecule has 1 aromatic heterocycles. The second-order valence-corrected chi connectivity index (χ2v) is 7.17. The van der Waals surface area contributed by atoms with Crippen LogP contribution in [0.5, 0.6) is 11.5 Å². The Bertz CT molecular complexity index is 748. The molecule has 0 atom stereocenters. The number of nitrogens with one attached hydrogen (secondary N) is 1. The molecule has 6 nitrogen and oxygen atoms in total. The zero-order valence-electron chi connectivity index (χ0n) is 14.5. The van der Waals surface area contributed by atoms with Crippen LogP contribution < -0.4 is 20.5 Å². The number of halogens is 1. The van der Waals surface area contributed by atoms with E-state index in [1.807, 2.05) is 25.1 Å². The number of nitrogens with zero attached hydrogens (tertiary/aromatic N) is 2. The van der Waals surface area contributed by atoms with E-state index in [0.29, 0.717) is 28.0 Å². The van der Waals surface area contributed by atoms with Crippen LogP contribution in [0.4, 0.5) is 11.5 Å². The number of methoxy groups -OCH3 is 1. The van der Waals surface area contributed by atoms with Gasteiger partial charge in [0.15, 0.2) is 21.1 Å². The third-order valence-electron chi connectivity index (χ3n) is 4.39. The monoisotopic (exact) mass is 454 g/mol. The molecule has 0 spiro atoms. The molecule has 0 bridgehead atoms. The van der Waals surface area contributed by atoms with Crippen molar-refractivity contribution in [1.82, 2.24) is 9.97 Å². The molecule has 1 aliphatic carbocycles. The van der Waals surface area contributed by atoms with Crippen LogP contribution in [0.3, 0.4) is 0 Å². The Morgan fingerprint density at radius 3 is 2.72 bits per heavy atom. The van der Waals surface area contributed by atoms with Crippen molar-refractivity contribution >= 4 is 34.1 Å². The summed E-state index contributed by atoms with van der Waals surface area (Å²) < 4.78 is 12.3. The number of hydrogen-bond donors (Lipinski definition) is 2. The molecule has 1 saturated carbocycles. The van der Waals surface area contributed by atoms with Gasteiger partial charge in [0.2, 0.25) is 0 Å². The van der Waals surface area contributed by atoms with Crippen molar-refractivity contribution in [1.29, 1.82) is 0 Å². The predicted octanol–water partition coefficient (Wildman–Crippen LogP) is 3.91. The first kappa shape index (κ1) is 18.0. The van der Waals surface area contributed by atoms with Crippen LogP contribution in [0.1, 0.15) is 36.9 Å². The van der Waals surface area contributed by atoms with Crippen LogP contribution in [0.25, 0.3) is 0 Å². The van der Waals surface area contributed by atoms with E-state index < -0.39 is 0 Å². The fourth-order valence-electron chi connectivity index (χ4n) is 2.98. The second kappa shape index (κ2) is 8.07.